The molecule has 156 valence electrons. The van der Waals surface area contributed by atoms with Crippen molar-refractivity contribution in [1.82, 2.24) is 4.98 Å². The van der Waals surface area contributed by atoms with Gasteiger partial charge in [0.25, 0.3) is 0 Å². The van der Waals surface area contributed by atoms with Crippen molar-refractivity contribution in [2.75, 3.05) is 17.7 Å². The van der Waals surface area contributed by atoms with Crippen molar-refractivity contribution in [3.63, 3.8) is 0 Å². The molecule has 0 radical (unpaired) electrons. The van der Waals surface area contributed by atoms with Crippen LogP contribution in [0.1, 0.15) is 5.56 Å². The number of aromatic nitrogens is 1. The van der Waals surface area contributed by atoms with Crippen molar-refractivity contribution in [2.24, 2.45) is 0 Å². The normalized spacial score (nSPS) is 10.7. The number of nitrogens with one attached hydrogen (secondary N) is 2. The quantitative estimate of drug-likeness (QED) is 0.345. The molecule has 5 nitrogen and oxygen atoms in total. The van der Waals surface area contributed by atoms with E-state index in [2.05, 4.69) is 10.6 Å². The van der Waals surface area contributed by atoms with Crippen LogP contribution in [0.25, 0.3) is 22.2 Å². The van der Waals surface area contributed by atoms with Crippen molar-refractivity contribution >= 4 is 51.5 Å². The van der Waals surface area contributed by atoms with E-state index in [4.69, 9.17) is 32.9 Å². The molecular weight excluding hydrogens is 433 g/mol. The topological polar surface area (TPSA) is 63.2 Å². The number of hydrogen-bond donors (Lipinski definition) is 2. The fraction of sp³-hybridized carbons (Fsp3) is 0.0833. The molecule has 2 N–H and O–H groups in total. The number of fused-ring (bicyclic) bond motifs is 1. The lowest BCUT2D eigenvalue weighted by atomic mass is 10.1. The Bertz CT molecular complexity index is 1290. The Labute approximate surface area is 190 Å². The minimum Gasteiger partial charge on any atom is -0.496 e. The molecule has 0 unspecified atom stereocenters. The first-order chi connectivity index (χ1) is 14.9. The molecule has 0 aliphatic rings. The van der Waals surface area contributed by atoms with Gasteiger partial charge in [-0.25, -0.2) is 9.78 Å². The Kier molecular flexibility index (Phi) is 5.98. The highest BCUT2D eigenvalue weighted by Gasteiger charge is 2.12. The number of hydrogen-bond acceptors (Lipinski definition) is 3. The third kappa shape index (κ3) is 4.58. The van der Waals surface area contributed by atoms with Crippen molar-refractivity contribution in [3.05, 3.63) is 82.3 Å². The second-order valence-corrected chi connectivity index (χ2v) is 7.79. The molecule has 1 heterocycles. The maximum absolute atomic E-state index is 12.5. The second kappa shape index (κ2) is 8.84. The molecule has 1 aromatic heterocycles. The fourth-order valence-corrected chi connectivity index (χ4v) is 3.63. The van der Waals surface area contributed by atoms with E-state index in [0.29, 0.717) is 27.2 Å². The predicted octanol–water partition coefficient (Wildman–Crippen LogP) is 7.17. The number of benzene rings is 3. The summed E-state index contributed by atoms with van der Waals surface area (Å²) in [6.45, 7) is 1.85. The Morgan fingerprint density at radius 3 is 2.55 bits per heavy atom. The molecule has 0 aliphatic carbocycles. The standard InChI is InChI=1S/C24H19Cl2N3O2/c1-14-19(26)7-4-8-20(14)29-24(30)27-17-9-10-21-18(12-17)23(31-2)13-22(28-21)15-5-3-6-16(25)11-15/h3-13H,1-2H3,(H2,27,29,30). The number of pyridine rings is 1. The smallest absolute Gasteiger partial charge is 0.323 e. The zero-order chi connectivity index (χ0) is 22.0. The maximum Gasteiger partial charge on any atom is 0.323 e. The molecule has 0 fully saturated rings. The molecule has 7 heteroatoms. The number of carbonyl (C=O) groups is 1. The SMILES string of the molecule is COc1cc(-c2cccc(Cl)c2)nc2ccc(NC(=O)Nc3cccc(Cl)c3C)cc12. The number of anilines is 2. The van der Waals surface area contributed by atoms with Crippen molar-refractivity contribution in [3.8, 4) is 17.0 Å². The van der Waals surface area contributed by atoms with Crippen LogP contribution in [0.15, 0.2) is 66.7 Å². The lowest BCUT2D eigenvalue weighted by molar-refractivity contribution is 0.262. The number of rotatable bonds is 4. The molecule has 0 saturated carbocycles. The summed E-state index contributed by atoms with van der Waals surface area (Å²) >= 11 is 12.2. The second-order valence-electron chi connectivity index (χ2n) is 6.94. The van der Waals surface area contributed by atoms with Gasteiger partial charge in [-0.3, -0.25) is 0 Å². The number of nitrogens with zero attached hydrogens (tertiary/aromatic N) is 1. The first-order valence-corrected chi connectivity index (χ1v) is 10.3. The summed E-state index contributed by atoms with van der Waals surface area (Å²) < 4.78 is 5.59. The molecule has 0 atom stereocenters. The summed E-state index contributed by atoms with van der Waals surface area (Å²) in [4.78, 5) is 17.2. The van der Waals surface area contributed by atoms with Crippen molar-refractivity contribution < 1.29 is 9.53 Å². The van der Waals surface area contributed by atoms with Crippen LogP contribution in [0.4, 0.5) is 16.2 Å². The number of methoxy groups -OCH3 is 1. The summed E-state index contributed by atoms with van der Waals surface area (Å²) in [7, 11) is 1.60. The first kappa shape index (κ1) is 21.0. The lowest BCUT2D eigenvalue weighted by Gasteiger charge is -2.13. The van der Waals surface area contributed by atoms with Gasteiger partial charge in [0.05, 0.1) is 18.3 Å². The van der Waals surface area contributed by atoms with Crippen LogP contribution in [0, 0.1) is 6.92 Å². The van der Waals surface area contributed by atoms with Gasteiger partial charge in [0.2, 0.25) is 0 Å². The van der Waals surface area contributed by atoms with E-state index in [-0.39, 0.29) is 6.03 Å². The van der Waals surface area contributed by atoms with Crippen LogP contribution < -0.4 is 15.4 Å². The summed E-state index contributed by atoms with van der Waals surface area (Å²) in [6.07, 6.45) is 0. The van der Waals surface area contributed by atoms with E-state index in [0.717, 1.165) is 27.7 Å². The van der Waals surface area contributed by atoms with Gasteiger partial charge in [-0.15, -0.1) is 0 Å². The highest BCUT2D eigenvalue weighted by molar-refractivity contribution is 6.32. The number of amides is 2. The number of halogens is 2. The minimum atomic E-state index is -0.368. The largest absolute Gasteiger partial charge is 0.496 e. The minimum absolute atomic E-state index is 0.368. The highest BCUT2D eigenvalue weighted by Crippen LogP contribution is 2.32. The van der Waals surface area contributed by atoms with Gasteiger partial charge in [0, 0.05) is 38.4 Å². The monoisotopic (exact) mass is 451 g/mol. The van der Waals surface area contributed by atoms with E-state index in [1.165, 1.54) is 0 Å². The van der Waals surface area contributed by atoms with Crippen LogP contribution in [-0.4, -0.2) is 18.1 Å². The molecule has 3 aromatic carbocycles. The number of urea groups is 1. The summed E-state index contributed by atoms with van der Waals surface area (Å²) in [5, 5.41) is 7.67. The molecule has 4 rings (SSSR count). The van der Waals surface area contributed by atoms with Gasteiger partial charge < -0.3 is 15.4 Å². The zero-order valence-electron chi connectivity index (χ0n) is 16.9. The average Bonchev–Trinajstić information content (AvgIpc) is 2.76. The molecule has 2 amide bonds. The van der Waals surface area contributed by atoms with Gasteiger partial charge in [-0.2, -0.15) is 0 Å². The maximum atomic E-state index is 12.5. The van der Waals surface area contributed by atoms with E-state index in [1.54, 1.807) is 31.4 Å². The van der Waals surface area contributed by atoms with Gasteiger partial charge in [0.15, 0.2) is 0 Å². The first-order valence-electron chi connectivity index (χ1n) is 9.52. The van der Waals surface area contributed by atoms with Gasteiger partial charge in [-0.05, 0) is 55.0 Å². The highest BCUT2D eigenvalue weighted by atomic mass is 35.5. The van der Waals surface area contributed by atoms with E-state index in [1.807, 2.05) is 49.4 Å². The molecule has 0 aliphatic heterocycles. The predicted molar refractivity (Wildman–Crippen MR) is 128 cm³/mol. The van der Waals surface area contributed by atoms with Gasteiger partial charge in [-0.1, -0.05) is 41.4 Å². The van der Waals surface area contributed by atoms with Crippen LogP contribution in [-0.2, 0) is 0 Å². The molecular formula is C24H19Cl2N3O2. The van der Waals surface area contributed by atoms with Gasteiger partial charge in [0.1, 0.15) is 5.75 Å². The zero-order valence-corrected chi connectivity index (χ0v) is 18.4. The summed E-state index contributed by atoms with van der Waals surface area (Å²) in [5.74, 6) is 0.648. The van der Waals surface area contributed by atoms with Crippen molar-refractivity contribution in [2.45, 2.75) is 6.92 Å². The van der Waals surface area contributed by atoms with Crippen LogP contribution in [0.3, 0.4) is 0 Å². The molecule has 0 spiro atoms. The number of ether oxygens (including phenoxy) is 1. The van der Waals surface area contributed by atoms with Crippen molar-refractivity contribution in [1.29, 1.82) is 0 Å². The van der Waals surface area contributed by atoms with Gasteiger partial charge >= 0.3 is 6.03 Å². The van der Waals surface area contributed by atoms with Crippen LogP contribution in [0.2, 0.25) is 10.0 Å². The third-order valence-corrected chi connectivity index (χ3v) is 5.53. The lowest BCUT2D eigenvalue weighted by Crippen LogP contribution is -2.20. The molecule has 31 heavy (non-hydrogen) atoms. The Hall–Kier alpha value is -3.28. The Morgan fingerprint density at radius 2 is 1.77 bits per heavy atom. The molecule has 0 saturated heterocycles. The Balaban J connectivity index is 1.62. The van der Waals surface area contributed by atoms with Crippen LogP contribution >= 0.6 is 23.2 Å². The Morgan fingerprint density at radius 1 is 0.968 bits per heavy atom. The third-order valence-electron chi connectivity index (χ3n) is 4.88. The molecule has 0 bridgehead atoms. The van der Waals surface area contributed by atoms with E-state index in [9.17, 15) is 4.79 Å². The average molecular weight is 452 g/mol. The van der Waals surface area contributed by atoms with E-state index >= 15 is 0 Å². The summed E-state index contributed by atoms with van der Waals surface area (Å²) in [6, 6.07) is 19.8. The molecule has 4 aromatic rings. The fourth-order valence-electron chi connectivity index (χ4n) is 3.26. The van der Waals surface area contributed by atoms with Crippen LogP contribution in [0.5, 0.6) is 5.75 Å². The van der Waals surface area contributed by atoms with E-state index < -0.39 is 0 Å². The number of carbonyl (C=O) groups excluding carboxylic acids is 1. The summed E-state index contributed by atoms with van der Waals surface area (Å²) in [5.41, 5.74) is 4.45.